The molecule has 0 saturated carbocycles. The molecule has 0 atom stereocenters. The van der Waals surface area contributed by atoms with E-state index in [0.717, 1.165) is 36.1 Å². The molecule has 0 spiro atoms. The minimum atomic E-state index is 0. The van der Waals surface area contributed by atoms with Crippen LogP contribution in [0.15, 0.2) is 23.2 Å². The molecule has 0 unspecified atom stereocenters. The van der Waals surface area contributed by atoms with Crippen LogP contribution >= 0.6 is 24.0 Å². The smallest absolute Gasteiger partial charge is 0.195 e. The number of rotatable bonds is 10. The van der Waals surface area contributed by atoms with Gasteiger partial charge in [0.1, 0.15) is 0 Å². The van der Waals surface area contributed by atoms with Gasteiger partial charge in [0.15, 0.2) is 17.5 Å². The number of anilines is 1. The number of nitrogens with zero attached hydrogens (tertiary/aromatic N) is 2. The van der Waals surface area contributed by atoms with Gasteiger partial charge >= 0.3 is 0 Å². The molecule has 6 nitrogen and oxygen atoms in total. The highest BCUT2D eigenvalue weighted by Crippen LogP contribution is 2.30. The molecular formula is C21H37IN4O2. The lowest BCUT2D eigenvalue weighted by Crippen LogP contribution is -2.32. The average molecular weight is 504 g/mol. The lowest BCUT2D eigenvalue weighted by Gasteiger charge is -2.26. The molecule has 1 heterocycles. The van der Waals surface area contributed by atoms with Gasteiger partial charge in [0.25, 0.3) is 0 Å². The van der Waals surface area contributed by atoms with E-state index in [9.17, 15) is 0 Å². The van der Waals surface area contributed by atoms with Crippen molar-refractivity contribution in [1.82, 2.24) is 10.2 Å². The molecular weight excluding hydrogens is 467 g/mol. The molecule has 1 aromatic rings. The summed E-state index contributed by atoms with van der Waals surface area (Å²) >= 11 is 0. The number of hydrogen-bond donors (Lipinski definition) is 2. The Labute approximate surface area is 187 Å². The van der Waals surface area contributed by atoms with E-state index >= 15 is 0 Å². The van der Waals surface area contributed by atoms with E-state index in [1.165, 1.54) is 51.7 Å². The van der Waals surface area contributed by atoms with E-state index in [4.69, 9.17) is 9.47 Å². The van der Waals surface area contributed by atoms with Crippen molar-refractivity contribution in [2.75, 3.05) is 52.3 Å². The molecule has 1 fully saturated rings. The van der Waals surface area contributed by atoms with E-state index < -0.39 is 0 Å². The summed E-state index contributed by atoms with van der Waals surface area (Å²) in [5, 5.41) is 6.71. The molecule has 7 heteroatoms. The zero-order valence-corrected chi connectivity index (χ0v) is 20.0. The Hall–Kier alpha value is -1.22. The van der Waals surface area contributed by atoms with Crippen molar-refractivity contribution in [2.45, 2.75) is 45.4 Å². The Morgan fingerprint density at radius 3 is 2.57 bits per heavy atom. The molecule has 0 radical (unpaired) electrons. The SMILES string of the molecule is CCOc1cc(NC(=NC)NCCCCCN2CCCCC2)ccc1OC.I. The van der Waals surface area contributed by atoms with Gasteiger partial charge in [-0.1, -0.05) is 12.8 Å². The Kier molecular flexibility index (Phi) is 13.1. The molecule has 160 valence electrons. The molecule has 0 amide bonds. The fraction of sp³-hybridized carbons (Fsp3) is 0.667. The first-order chi connectivity index (χ1) is 13.3. The Balaban J connectivity index is 0.00000392. The standard InChI is InChI=1S/C21H36N4O2.HI/c1-4-27-20-17-18(11-12-19(20)26-3)24-21(22-2)23-13-7-5-8-14-25-15-9-6-10-16-25;/h11-12,17H,4-10,13-16H2,1-3H3,(H2,22,23,24);1H. The van der Waals surface area contributed by atoms with Crippen molar-refractivity contribution in [3.8, 4) is 11.5 Å². The van der Waals surface area contributed by atoms with E-state index in [1.54, 1.807) is 14.2 Å². The van der Waals surface area contributed by atoms with Gasteiger partial charge in [0.05, 0.1) is 13.7 Å². The highest BCUT2D eigenvalue weighted by molar-refractivity contribution is 14.0. The summed E-state index contributed by atoms with van der Waals surface area (Å²) in [5.41, 5.74) is 0.928. The summed E-state index contributed by atoms with van der Waals surface area (Å²) in [4.78, 5) is 6.92. The maximum absolute atomic E-state index is 5.63. The summed E-state index contributed by atoms with van der Waals surface area (Å²) in [6, 6.07) is 5.81. The van der Waals surface area contributed by atoms with Gasteiger partial charge in [0.2, 0.25) is 0 Å². The maximum Gasteiger partial charge on any atom is 0.195 e. The van der Waals surface area contributed by atoms with Crippen molar-refractivity contribution < 1.29 is 9.47 Å². The van der Waals surface area contributed by atoms with Crippen molar-refractivity contribution in [1.29, 1.82) is 0 Å². The van der Waals surface area contributed by atoms with Crippen molar-refractivity contribution in [3.05, 3.63) is 18.2 Å². The van der Waals surface area contributed by atoms with Crippen molar-refractivity contribution in [3.63, 3.8) is 0 Å². The number of methoxy groups -OCH3 is 1. The van der Waals surface area contributed by atoms with Gasteiger partial charge in [-0.25, -0.2) is 0 Å². The first kappa shape index (κ1) is 24.8. The van der Waals surface area contributed by atoms with E-state index in [2.05, 4.69) is 20.5 Å². The first-order valence-electron chi connectivity index (χ1n) is 10.3. The topological polar surface area (TPSA) is 58.1 Å². The van der Waals surface area contributed by atoms with Crippen LogP contribution in [0, 0.1) is 0 Å². The molecule has 1 saturated heterocycles. The second-order valence-corrected chi connectivity index (χ2v) is 6.89. The van der Waals surface area contributed by atoms with Gasteiger partial charge < -0.3 is 25.0 Å². The van der Waals surface area contributed by atoms with Crippen LogP contribution in [0.1, 0.15) is 45.4 Å². The molecule has 1 aliphatic heterocycles. The minimum Gasteiger partial charge on any atom is -0.493 e. The average Bonchev–Trinajstić information content (AvgIpc) is 2.71. The summed E-state index contributed by atoms with van der Waals surface area (Å²) in [5.74, 6) is 2.25. The third-order valence-electron chi connectivity index (χ3n) is 4.84. The van der Waals surface area contributed by atoms with Gasteiger partial charge in [-0.3, -0.25) is 4.99 Å². The monoisotopic (exact) mass is 504 g/mol. The second-order valence-electron chi connectivity index (χ2n) is 6.89. The minimum absolute atomic E-state index is 0. The highest BCUT2D eigenvalue weighted by Gasteiger charge is 2.09. The number of ether oxygens (including phenoxy) is 2. The van der Waals surface area contributed by atoms with E-state index in [1.807, 2.05) is 25.1 Å². The van der Waals surface area contributed by atoms with Crippen LogP contribution in [0.2, 0.25) is 0 Å². The summed E-state index contributed by atoms with van der Waals surface area (Å²) in [6.07, 6.45) is 7.84. The zero-order chi connectivity index (χ0) is 19.3. The Morgan fingerprint density at radius 2 is 1.89 bits per heavy atom. The Bertz CT molecular complexity index is 578. The fourth-order valence-electron chi connectivity index (χ4n) is 3.37. The van der Waals surface area contributed by atoms with E-state index in [0.29, 0.717) is 6.61 Å². The number of aliphatic imine (C=N–C) groups is 1. The van der Waals surface area contributed by atoms with Crippen molar-refractivity contribution in [2.24, 2.45) is 4.99 Å². The van der Waals surface area contributed by atoms with Crippen LogP contribution in [-0.4, -0.2) is 57.8 Å². The number of nitrogens with one attached hydrogen (secondary N) is 2. The number of guanidine groups is 1. The van der Waals surface area contributed by atoms with Gasteiger partial charge in [-0.05, 0) is 64.4 Å². The lowest BCUT2D eigenvalue weighted by atomic mass is 10.1. The predicted octanol–water partition coefficient (Wildman–Crippen LogP) is 4.36. The lowest BCUT2D eigenvalue weighted by molar-refractivity contribution is 0.224. The molecule has 1 aromatic carbocycles. The maximum atomic E-state index is 5.63. The number of piperidine rings is 1. The number of unbranched alkanes of at least 4 members (excludes halogenated alkanes) is 2. The van der Waals surface area contributed by atoms with Gasteiger partial charge in [-0.2, -0.15) is 0 Å². The molecule has 0 aromatic heterocycles. The number of halogens is 1. The van der Waals surface area contributed by atoms with Crippen LogP contribution in [0.3, 0.4) is 0 Å². The predicted molar refractivity (Wildman–Crippen MR) is 129 cm³/mol. The molecule has 0 bridgehead atoms. The second kappa shape index (κ2) is 14.7. The number of hydrogen-bond acceptors (Lipinski definition) is 4. The summed E-state index contributed by atoms with van der Waals surface area (Å²) in [7, 11) is 3.44. The summed E-state index contributed by atoms with van der Waals surface area (Å²) in [6.45, 7) is 7.32. The van der Waals surface area contributed by atoms with Crippen LogP contribution in [0.5, 0.6) is 11.5 Å². The van der Waals surface area contributed by atoms with E-state index in [-0.39, 0.29) is 24.0 Å². The van der Waals surface area contributed by atoms with Crippen LogP contribution in [-0.2, 0) is 0 Å². The zero-order valence-electron chi connectivity index (χ0n) is 17.6. The largest absolute Gasteiger partial charge is 0.493 e. The molecule has 0 aliphatic carbocycles. The first-order valence-corrected chi connectivity index (χ1v) is 10.3. The van der Waals surface area contributed by atoms with Crippen LogP contribution in [0.25, 0.3) is 0 Å². The van der Waals surface area contributed by atoms with Gasteiger partial charge in [-0.15, -0.1) is 24.0 Å². The normalized spacial score (nSPS) is 14.9. The highest BCUT2D eigenvalue weighted by atomic mass is 127. The molecule has 28 heavy (non-hydrogen) atoms. The quantitative estimate of drug-likeness (QED) is 0.215. The third-order valence-corrected chi connectivity index (χ3v) is 4.84. The van der Waals surface area contributed by atoms with Crippen LogP contribution < -0.4 is 20.1 Å². The summed E-state index contributed by atoms with van der Waals surface area (Å²) < 4.78 is 11.0. The number of likely N-dealkylation sites (tertiary alicyclic amines) is 1. The van der Waals surface area contributed by atoms with Gasteiger partial charge in [0, 0.05) is 25.3 Å². The number of benzene rings is 1. The molecule has 2 rings (SSSR count). The third kappa shape index (κ3) is 8.86. The molecule has 2 N–H and O–H groups in total. The molecule has 1 aliphatic rings. The van der Waals surface area contributed by atoms with Crippen molar-refractivity contribution >= 4 is 35.6 Å². The van der Waals surface area contributed by atoms with Crippen LogP contribution in [0.4, 0.5) is 5.69 Å². The Morgan fingerprint density at radius 1 is 1.11 bits per heavy atom. The fourth-order valence-corrected chi connectivity index (χ4v) is 3.37.